The monoisotopic (exact) mass is 190 g/mol. The Morgan fingerprint density at radius 1 is 1.00 bits per heavy atom. The van der Waals surface area contributed by atoms with Crippen LogP contribution in [0.1, 0.15) is 0 Å². The van der Waals surface area contributed by atoms with Crippen molar-refractivity contribution in [1.82, 2.24) is 0 Å². The Hall–Kier alpha value is -1.74. The van der Waals surface area contributed by atoms with Gasteiger partial charge in [-0.05, 0) is 35.0 Å². The molecule has 0 amide bonds. The molecule has 2 aromatic rings. The molecule has 0 spiro atoms. The lowest BCUT2D eigenvalue weighted by molar-refractivity contribution is 0.0987. The minimum absolute atomic E-state index is 0.221. The summed E-state index contributed by atoms with van der Waals surface area (Å²) >= 11 is 0. The van der Waals surface area contributed by atoms with Crippen molar-refractivity contribution in [3.63, 3.8) is 0 Å². The average molecular weight is 190 g/mol. The van der Waals surface area contributed by atoms with E-state index in [0.717, 1.165) is 10.8 Å². The predicted molar refractivity (Wildman–Crippen MR) is 53.3 cm³/mol. The molecule has 0 aliphatic rings. The Labute approximate surface area is 81.2 Å². The lowest BCUT2D eigenvalue weighted by atomic mass is 10.1. The number of fused-ring (bicyclic) bond motifs is 1. The summed E-state index contributed by atoms with van der Waals surface area (Å²) in [4.78, 5) is 0. The summed E-state index contributed by atoms with van der Waals surface area (Å²) in [5.74, 6) is 0.809. The summed E-state index contributed by atoms with van der Waals surface area (Å²) in [6, 6.07) is 10.5. The Morgan fingerprint density at radius 3 is 2.57 bits per heavy atom. The van der Waals surface area contributed by atoms with Crippen molar-refractivity contribution in [3.05, 3.63) is 36.4 Å². The van der Waals surface area contributed by atoms with Gasteiger partial charge >= 0.3 is 0 Å². The molecule has 2 aromatic carbocycles. The van der Waals surface area contributed by atoms with Crippen LogP contribution in [0.4, 0.5) is 0 Å². The quantitative estimate of drug-likeness (QED) is 0.711. The van der Waals surface area contributed by atoms with Crippen molar-refractivity contribution in [2.24, 2.45) is 0 Å². The van der Waals surface area contributed by atoms with E-state index in [0.29, 0.717) is 5.75 Å². The fourth-order valence-electron chi connectivity index (χ4n) is 1.38. The fourth-order valence-corrected chi connectivity index (χ4v) is 1.38. The van der Waals surface area contributed by atoms with Gasteiger partial charge in [0.05, 0.1) is 0 Å². The molecular formula is C11H10O3. The topological polar surface area (TPSA) is 49.7 Å². The number of hydrogen-bond donors (Lipinski definition) is 2. The molecule has 2 N–H and O–H groups in total. The number of hydrogen-bond acceptors (Lipinski definition) is 3. The first-order valence-corrected chi connectivity index (χ1v) is 4.26. The van der Waals surface area contributed by atoms with Crippen LogP contribution in [0, 0.1) is 0 Å². The van der Waals surface area contributed by atoms with Gasteiger partial charge in [0.15, 0.2) is 6.79 Å². The molecule has 0 radical (unpaired) electrons. The third kappa shape index (κ3) is 1.63. The van der Waals surface area contributed by atoms with Gasteiger partial charge in [-0.2, -0.15) is 0 Å². The molecule has 2 rings (SSSR count). The van der Waals surface area contributed by atoms with Crippen LogP contribution in [0.2, 0.25) is 0 Å². The van der Waals surface area contributed by atoms with Crippen LogP contribution in [0.3, 0.4) is 0 Å². The Bertz CT molecular complexity index is 451. The zero-order valence-corrected chi connectivity index (χ0v) is 7.47. The van der Waals surface area contributed by atoms with Crippen molar-refractivity contribution < 1.29 is 14.9 Å². The Balaban J connectivity index is 2.52. The largest absolute Gasteiger partial charge is 0.508 e. The van der Waals surface area contributed by atoms with Crippen LogP contribution < -0.4 is 4.74 Å². The first-order chi connectivity index (χ1) is 6.79. The molecule has 72 valence electrons. The summed E-state index contributed by atoms with van der Waals surface area (Å²) in [6.07, 6.45) is 0. The van der Waals surface area contributed by atoms with Crippen LogP contribution in [0.5, 0.6) is 11.5 Å². The highest BCUT2D eigenvalue weighted by Crippen LogP contribution is 2.24. The fraction of sp³-hybridized carbons (Fsp3) is 0.0909. The second-order valence-corrected chi connectivity index (χ2v) is 2.97. The number of aromatic hydroxyl groups is 1. The molecule has 0 aliphatic carbocycles. The van der Waals surface area contributed by atoms with Crippen LogP contribution in [0.15, 0.2) is 36.4 Å². The molecule has 0 heterocycles. The highest BCUT2D eigenvalue weighted by molar-refractivity contribution is 5.85. The molecule has 0 bridgehead atoms. The number of phenolic OH excluding ortho intramolecular Hbond substituents is 1. The average Bonchev–Trinajstić information content (AvgIpc) is 2.17. The molecule has 14 heavy (non-hydrogen) atoms. The van der Waals surface area contributed by atoms with Gasteiger partial charge in [0.25, 0.3) is 0 Å². The second kappa shape index (κ2) is 3.55. The maximum atomic E-state index is 9.26. The zero-order valence-electron chi connectivity index (χ0n) is 7.47. The lowest BCUT2D eigenvalue weighted by Crippen LogP contribution is -1.93. The molecule has 3 nitrogen and oxygen atoms in total. The van der Waals surface area contributed by atoms with E-state index in [9.17, 15) is 5.11 Å². The van der Waals surface area contributed by atoms with E-state index in [-0.39, 0.29) is 12.5 Å². The third-order valence-electron chi connectivity index (χ3n) is 2.03. The summed E-state index contributed by atoms with van der Waals surface area (Å²) in [5, 5.41) is 19.7. The van der Waals surface area contributed by atoms with Gasteiger partial charge in [0.2, 0.25) is 0 Å². The smallest absolute Gasteiger partial charge is 0.186 e. The van der Waals surface area contributed by atoms with Crippen molar-refractivity contribution >= 4 is 10.8 Å². The SMILES string of the molecule is OCOc1ccc2ccc(O)cc2c1. The minimum atomic E-state index is -0.343. The van der Waals surface area contributed by atoms with E-state index in [4.69, 9.17) is 9.84 Å². The Kier molecular flexibility index (Phi) is 2.24. The van der Waals surface area contributed by atoms with Crippen LogP contribution >= 0.6 is 0 Å². The van der Waals surface area contributed by atoms with Gasteiger partial charge in [-0.15, -0.1) is 0 Å². The molecule has 0 aromatic heterocycles. The summed E-state index contributed by atoms with van der Waals surface area (Å²) in [6.45, 7) is -0.343. The van der Waals surface area contributed by atoms with Crippen molar-refractivity contribution in [2.75, 3.05) is 6.79 Å². The zero-order chi connectivity index (χ0) is 9.97. The van der Waals surface area contributed by atoms with Crippen molar-refractivity contribution in [3.8, 4) is 11.5 Å². The number of ether oxygens (including phenoxy) is 1. The van der Waals surface area contributed by atoms with Gasteiger partial charge in [0, 0.05) is 0 Å². The Morgan fingerprint density at radius 2 is 1.79 bits per heavy atom. The number of rotatable bonds is 2. The maximum Gasteiger partial charge on any atom is 0.186 e. The molecule has 0 fully saturated rings. The first kappa shape index (κ1) is 8.84. The molecule has 0 atom stereocenters. The summed E-state index contributed by atoms with van der Waals surface area (Å²) < 4.78 is 4.93. The first-order valence-electron chi connectivity index (χ1n) is 4.26. The standard InChI is InChI=1S/C11H10O3/c12-7-14-11-4-2-8-1-3-10(13)5-9(8)6-11/h1-6,12-13H,7H2. The van der Waals surface area contributed by atoms with Crippen LogP contribution in [0.25, 0.3) is 10.8 Å². The number of aliphatic hydroxyl groups is 1. The molecule has 0 aliphatic heterocycles. The number of benzene rings is 2. The van der Waals surface area contributed by atoms with Gasteiger partial charge in [-0.25, -0.2) is 0 Å². The van der Waals surface area contributed by atoms with Crippen molar-refractivity contribution in [1.29, 1.82) is 0 Å². The lowest BCUT2D eigenvalue weighted by Gasteiger charge is -2.04. The van der Waals surface area contributed by atoms with Gasteiger partial charge in [-0.3, -0.25) is 0 Å². The maximum absolute atomic E-state index is 9.26. The molecular weight excluding hydrogens is 180 g/mol. The predicted octanol–water partition coefficient (Wildman–Crippen LogP) is 1.87. The molecule has 0 unspecified atom stereocenters. The van der Waals surface area contributed by atoms with E-state index in [1.165, 1.54) is 0 Å². The number of phenols is 1. The van der Waals surface area contributed by atoms with E-state index in [1.54, 1.807) is 24.3 Å². The minimum Gasteiger partial charge on any atom is -0.508 e. The molecule has 0 saturated carbocycles. The molecule has 0 saturated heterocycles. The van der Waals surface area contributed by atoms with Crippen LogP contribution in [-0.4, -0.2) is 17.0 Å². The normalized spacial score (nSPS) is 10.4. The van der Waals surface area contributed by atoms with Crippen molar-refractivity contribution in [2.45, 2.75) is 0 Å². The summed E-state index contributed by atoms with van der Waals surface area (Å²) in [7, 11) is 0. The van der Waals surface area contributed by atoms with Gasteiger partial charge in [-0.1, -0.05) is 12.1 Å². The van der Waals surface area contributed by atoms with Crippen LogP contribution in [-0.2, 0) is 0 Å². The second-order valence-electron chi connectivity index (χ2n) is 2.97. The van der Waals surface area contributed by atoms with Gasteiger partial charge in [0.1, 0.15) is 11.5 Å². The summed E-state index contributed by atoms with van der Waals surface area (Å²) in [5.41, 5.74) is 0. The van der Waals surface area contributed by atoms with E-state index < -0.39 is 0 Å². The highest BCUT2D eigenvalue weighted by Gasteiger charge is 1.97. The van der Waals surface area contributed by atoms with E-state index in [1.807, 2.05) is 12.1 Å². The van der Waals surface area contributed by atoms with Gasteiger partial charge < -0.3 is 14.9 Å². The third-order valence-corrected chi connectivity index (χ3v) is 2.03. The van der Waals surface area contributed by atoms with E-state index in [2.05, 4.69) is 0 Å². The molecule has 3 heteroatoms. The van der Waals surface area contributed by atoms with E-state index >= 15 is 0 Å². The highest BCUT2D eigenvalue weighted by atomic mass is 16.6. The number of aliphatic hydroxyl groups excluding tert-OH is 1.